The van der Waals surface area contributed by atoms with Gasteiger partial charge in [-0.15, -0.1) is 0 Å². The summed E-state index contributed by atoms with van der Waals surface area (Å²) in [6.07, 6.45) is 12.1. The molecule has 4 aromatic rings. The Labute approximate surface area is 261 Å². The van der Waals surface area contributed by atoms with Crippen LogP contribution in [-0.2, 0) is 5.41 Å². The second-order valence-corrected chi connectivity index (χ2v) is 13.5. The standard InChI is InChI=1S/C39H43N5/c1-39(2,3)32-18-16-29(17-19-32)33(28-14-12-27(13-15-28)31-23-36(42-24-31)34-6-4-20-40-34)22-26-8-10-30(11-9-26)37-25-43-38(44-37)35-7-5-21-41-35/h8-19,22,24-25,34-35,40-41H,4-7,20-21,23H2,1-3H3,(H,43,44)/t34-,35-/m0/s1. The van der Waals surface area contributed by atoms with E-state index in [1.165, 1.54) is 63.9 Å². The van der Waals surface area contributed by atoms with Gasteiger partial charge in [0.15, 0.2) is 0 Å². The Kier molecular flexibility index (Phi) is 7.92. The zero-order valence-corrected chi connectivity index (χ0v) is 26.2. The molecule has 0 bridgehead atoms. The van der Waals surface area contributed by atoms with Crippen molar-refractivity contribution < 1.29 is 0 Å². The van der Waals surface area contributed by atoms with Crippen LogP contribution < -0.4 is 10.6 Å². The number of nitrogens with one attached hydrogen (secondary N) is 3. The number of aromatic nitrogens is 2. The molecule has 0 spiro atoms. The number of aliphatic imine (C=N–C) groups is 1. The summed E-state index contributed by atoms with van der Waals surface area (Å²) >= 11 is 0. The number of imidazole rings is 1. The molecule has 0 unspecified atom stereocenters. The highest BCUT2D eigenvalue weighted by Gasteiger charge is 2.24. The predicted molar refractivity (Wildman–Crippen MR) is 184 cm³/mol. The van der Waals surface area contributed by atoms with Gasteiger partial charge in [0.05, 0.1) is 17.9 Å². The zero-order valence-electron chi connectivity index (χ0n) is 26.2. The smallest absolute Gasteiger partial charge is 0.123 e. The summed E-state index contributed by atoms with van der Waals surface area (Å²) in [4.78, 5) is 13.0. The molecule has 2 fully saturated rings. The maximum Gasteiger partial charge on any atom is 0.123 e. The lowest BCUT2D eigenvalue weighted by atomic mass is 9.85. The van der Waals surface area contributed by atoms with Gasteiger partial charge in [-0.1, -0.05) is 93.6 Å². The van der Waals surface area contributed by atoms with Crippen molar-refractivity contribution in [1.29, 1.82) is 0 Å². The lowest BCUT2D eigenvalue weighted by Crippen LogP contribution is -2.29. The van der Waals surface area contributed by atoms with E-state index in [4.69, 9.17) is 4.99 Å². The van der Waals surface area contributed by atoms with Crippen LogP contribution in [-0.4, -0.2) is 34.8 Å². The molecular formula is C39H43N5. The van der Waals surface area contributed by atoms with Crippen LogP contribution in [0.15, 0.2) is 90.2 Å². The van der Waals surface area contributed by atoms with Gasteiger partial charge in [0, 0.05) is 24.4 Å². The minimum atomic E-state index is 0.115. The molecule has 0 saturated carbocycles. The number of hydrogen-bond donors (Lipinski definition) is 3. The molecule has 224 valence electrons. The van der Waals surface area contributed by atoms with Crippen molar-refractivity contribution >= 4 is 22.9 Å². The Hall–Kier alpha value is -4.06. The number of aromatic amines is 1. The van der Waals surface area contributed by atoms with Crippen LogP contribution in [0, 0.1) is 0 Å². The van der Waals surface area contributed by atoms with E-state index in [0.717, 1.165) is 43.0 Å². The largest absolute Gasteiger partial charge is 0.341 e. The number of rotatable bonds is 7. The third-order valence-electron chi connectivity index (χ3n) is 9.37. The van der Waals surface area contributed by atoms with E-state index in [0.29, 0.717) is 12.1 Å². The van der Waals surface area contributed by atoms with Crippen LogP contribution in [0.25, 0.3) is 28.5 Å². The SMILES string of the molecule is CC(C)(C)c1ccc(C(=Cc2ccc(-c3cnc([C@@H]4CCCN4)[nH]3)cc2)c2ccc(C3=CN=C([C@@H]4CCCN4)C3)cc2)cc1. The molecule has 3 aliphatic heterocycles. The Morgan fingerprint density at radius 3 is 2.05 bits per heavy atom. The molecule has 5 nitrogen and oxygen atoms in total. The Bertz CT molecular complexity index is 1680. The Morgan fingerprint density at radius 2 is 1.41 bits per heavy atom. The molecular weight excluding hydrogens is 538 g/mol. The molecule has 4 heterocycles. The third-order valence-corrected chi connectivity index (χ3v) is 9.37. The number of benzene rings is 3. The lowest BCUT2D eigenvalue weighted by molar-refractivity contribution is 0.590. The first-order chi connectivity index (χ1) is 21.4. The maximum atomic E-state index is 4.79. The molecule has 0 aliphatic carbocycles. The molecule has 0 amide bonds. The van der Waals surface area contributed by atoms with Gasteiger partial charge in [-0.3, -0.25) is 4.99 Å². The van der Waals surface area contributed by atoms with Gasteiger partial charge in [0.2, 0.25) is 0 Å². The number of H-pyrrole nitrogens is 1. The molecule has 44 heavy (non-hydrogen) atoms. The third kappa shape index (κ3) is 6.12. The average molecular weight is 582 g/mol. The monoisotopic (exact) mass is 581 g/mol. The van der Waals surface area contributed by atoms with E-state index in [1.807, 2.05) is 6.20 Å². The van der Waals surface area contributed by atoms with Gasteiger partial charge in [0.25, 0.3) is 0 Å². The summed E-state index contributed by atoms with van der Waals surface area (Å²) in [5.74, 6) is 1.04. The van der Waals surface area contributed by atoms with Crippen LogP contribution in [0.2, 0.25) is 0 Å². The molecule has 2 saturated heterocycles. The zero-order chi connectivity index (χ0) is 30.1. The lowest BCUT2D eigenvalue weighted by Gasteiger charge is -2.20. The van der Waals surface area contributed by atoms with Crippen molar-refractivity contribution in [3.05, 3.63) is 119 Å². The first-order valence-electron chi connectivity index (χ1n) is 16.2. The second-order valence-electron chi connectivity index (χ2n) is 13.5. The summed E-state index contributed by atoms with van der Waals surface area (Å²) in [6.45, 7) is 8.96. The van der Waals surface area contributed by atoms with Crippen LogP contribution in [0.4, 0.5) is 0 Å². The van der Waals surface area contributed by atoms with Crippen LogP contribution in [0.1, 0.15) is 92.6 Å². The molecule has 3 aromatic carbocycles. The highest BCUT2D eigenvalue weighted by molar-refractivity contribution is 6.02. The van der Waals surface area contributed by atoms with E-state index < -0.39 is 0 Å². The van der Waals surface area contributed by atoms with Gasteiger partial charge in [-0.25, -0.2) is 4.98 Å². The van der Waals surface area contributed by atoms with Crippen molar-refractivity contribution in [3.8, 4) is 11.3 Å². The van der Waals surface area contributed by atoms with Gasteiger partial charge < -0.3 is 15.6 Å². The van der Waals surface area contributed by atoms with E-state index in [-0.39, 0.29) is 5.41 Å². The van der Waals surface area contributed by atoms with Crippen molar-refractivity contribution in [2.45, 2.75) is 70.4 Å². The van der Waals surface area contributed by atoms with Gasteiger partial charge in [-0.2, -0.15) is 0 Å². The maximum absolute atomic E-state index is 4.79. The summed E-state index contributed by atoms with van der Waals surface area (Å²) < 4.78 is 0. The van der Waals surface area contributed by atoms with Crippen LogP contribution in [0.3, 0.4) is 0 Å². The summed E-state index contributed by atoms with van der Waals surface area (Å²) in [5.41, 5.74) is 12.3. The first-order valence-corrected chi connectivity index (χ1v) is 16.2. The molecule has 2 atom stereocenters. The topological polar surface area (TPSA) is 65.1 Å². The second kappa shape index (κ2) is 12.1. The molecule has 0 radical (unpaired) electrons. The summed E-state index contributed by atoms with van der Waals surface area (Å²) in [5, 5.41) is 7.13. The van der Waals surface area contributed by atoms with Crippen molar-refractivity contribution in [3.63, 3.8) is 0 Å². The van der Waals surface area contributed by atoms with Crippen LogP contribution >= 0.6 is 0 Å². The Balaban J connectivity index is 1.15. The van der Waals surface area contributed by atoms with E-state index in [1.54, 1.807) is 0 Å². The minimum Gasteiger partial charge on any atom is -0.341 e. The summed E-state index contributed by atoms with van der Waals surface area (Å²) in [7, 11) is 0. The molecule has 3 N–H and O–H groups in total. The normalized spacial score (nSPS) is 20.7. The highest BCUT2D eigenvalue weighted by atomic mass is 15.0. The van der Waals surface area contributed by atoms with Crippen molar-refractivity contribution in [2.75, 3.05) is 13.1 Å². The van der Waals surface area contributed by atoms with E-state index >= 15 is 0 Å². The summed E-state index contributed by atoms with van der Waals surface area (Å²) in [6, 6.07) is 27.7. The van der Waals surface area contributed by atoms with Gasteiger partial charge in [0.1, 0.15) is 5.82 Å². The first kappa shape index (κ1) is 28.7. The predicted octanol–water partition coefficient (Wildman–Crippen LogP) is 8.33. The van der Waals surface area contributed by atoms with E-state index in [9.17, 15) is 0 Å². The van der Waals surface area contributed by atoms with Gasteiger partial charge in [-0.05, 0) is 94.8 Å². The fraction of sp³-hybridized carbons (Fsp3) is 0.333. The fourth-order valence-electron chi connectivity index (χ4n) is 6.66. The molecule has 5 heteroatoms. The minimum absolute atomic E-state index is 0.115. The van der Waals surface area contributed by atoms with Gasteiger partial charge >= 0.3 is 0 Å². The molecule has 1 aromatic heterocycles. The Morgan fingerprint density at radius 1 is 0.773 bits per heavy atom. The fourth-order valence-corrected chi connectivity index (χ4v) is 6.66. The van der Waals surface area contributed by atoms with Crippen molar-refractivity contribution in [2.24, 2.45) is 4.99 Å². The number of hydrogen-bond acceptors (Lipinski definition) is 4. The van der Waals surface area contributed by atoms with Crippen LogP contribution in [0.5, 0.6) is 0 Å². The number of nitrogens with zero attached hydrogens (tertiary/aromatic N) is 2. The average Bonchev–Trinajstić information content (AvgIpc) is 3.87. The highest BCUT2D eigenvalue weighted by Crippen LogP contribution is 2.33. The van der Waals surface area contributed by atoms with E-state index in [2.05, 4.69) is 126 Å². The van der Waals surface area contributed by atoms with Crippen molar-refractivity contribution in [1.82, 2.24) is 20.6 Å². The number of allylic oxidation sites excluding steroid dienone is 1. The molecule has 7 rings (SSSR count). The quantitative estimate of drug-likeness (QED) is 0.192. The molecule has 3 aliphatic rings.